The van der Waals surface area contributed by atoms with Crippen LogP contribution in [-0.2, 0) is 33.0 Å². The summed E-state index contributed by atoms with van der Waals surface area (Å²) in [6.07, 6.45) is 6.64. The van der Waals surface area contributed by atoms with E-state index in [-0.39, 0.29) is 33.0 Å². The fraction of sp³-hybridized carbons (Fsp3) is 0.750. The van der Waals surface area contributed by atoms with Gasteiger partial charge in [0, 0.05) is 33.0 Å². The van der Waals surface area contributed by atoms with Crippen molar-refractivity contribution in [3.05, 3.63) is 12.8 Å². The van der Waals surface area contributed by atoms with Crippen LogP contribution < -0.4 is 0 Å². The van der Waals surface area contributed by atoms with Crippen molar-refractivity contribution in [2.24, 2.45) is 0 Å². The van der Waals surface area contributed by atoms with Crippen molar-refractivity contribution in [1.29, 1.82) is 0 Å². The molecule has 0 rings (SSSR count). The Bertz CT molecular complexity index is 15.2. The first-order valence-corrected chi connectivity index (χ1v) is 3.39. The molecule has 0 aliphatic rings. The van der Waals surface area contributed by atoms with E-state index in [0.717, 1.165) is 0 Å². The zero-order chi connectivity index (χ0) is 6.83. The fourth-order valence-corrected chi connectivity index (χ4v) is 0. The minimum atomic E-state index is 0. The van der Waals surface area contributed by atoms with Crippen LogP contribution in [0.1, 0.15) is 40.5 Å². The van der Waals surface area contributed by atoms with Gasteiger partial charge in [-0.3, -0.25) is 0 Å². The summed E-state index contributed by atoms with van der Waals surface area (Å²) in [5.41, 5.74) is 0. The molecule has 0 aliphatic carbocycles. The smallest absolute Gasteiger partial charge is 0 e. The quantitative estimate of drug-likeness (QED) is 0.506. The predicted octanol–water partition coefficient (Wildman–Crippen LogP) is 3.24. The van der Waals surface area contributed by atoms with Gasteiger partial charge in [-0.2, -0.15) is 26.7 Å². The third-order valence-electron chi connectivity index (χ3n) is 0.816. The molecular weight excluding hydrogens is 213 g/mol. The van der Waals surface area contributed by atoms with E-state index >= 15 is 0 Å². The summed E-state index contributed by atoms with van der Waals surface area (Å²) in [4.78, 5) is 0. The maximum Gasteiger partial charge on any atom is 0 e. The summed E-state index contributed by atoms with van der Waals surface area (Å²) in [6.45, 7) is 8.36. The third-order valence-corrected chi connectivity index (χ3v) is 0.816. The van der Waals surface area contributed by atoms with Crippen molar-refractivity contribution < 1.29 is 33.0 Å². The molecule has 0 aromatic heterocycles. The molecule has 0 bridgehead atoms. The second kappa shape index (κ2) is 32.4. The summed E-state index contributed by atoms with van der Waals surface area (Å²) >= 11 is 0. The van der Waals surface area contributed by atoms with Crippen molar-refractivity contribution in [2.45, 2.75) is 40.5 Å². The van der Waals surface area contributed by atoms with Crippen LogP contribution in [0.4, 0.5) is 0 Å². The molecule has 0 nitrogen and oxygen atoms in total. The number of unbranched alkanes of at least 4 members (excludes halogenated alkanes) is 2. The van der Waals surface area contributed by atoms with Crippen molar-refractivity contribution in [2.75, 3.05) is 0 Å². The monoisotopic (exact) mass is 230 g/mol. The molecule has 0 heterocycles. The normalized spacial score (nSPS) is 6.00. The summed E-state index contributed by atoms with van der Waals surface area (Å²) in [5.74, 6) is 0. The van der Waals surface area contributed by atoms with Crippen LogP contribution >= 0.6 is 0 Å². The second-order valence-electron chi connectivity index (χ2n) is 1.63. The van der Waals surface area contributed by atoms with Crippen molar-refractivity contribution in [3.8, 4) is 0 Å². The Kier molecular flexibility index (Phi) is 72.8. The Balaban J connectivity index is -0.0000000300. The number of rotatable bonds is 2. The van der Waals surface area contributed by atoms with E-state index in [1.165, 1.54) is 12.8 Å². The molecular formula is C8H18Ni2-2. The molecule has 0 spiro atoms. The van der Waals surface area contributed by atoms with E-state index < -0.39 is 0 Å². The molecule has 0 saturated heterocycles. The molecule has 2 heteroatoms. The van der Waals surface area contributed by atoms with E-state index in [2.05, 4.69) is 40.5 Å². The van der Waals surface area contributed by atoms with E-state index in [0.29, 0.717) is 0 Å². The Morgan fingerprint density at radius 1 is 0.800 bits per heavy atom. The van der Waals surface area contributed by atoms with Crippen LogP contribution in [0.5, 0.6) is 0 Å². The first-order chi connectivity index (χ1) is 3.83. The molecule has 10 heavy (non-hydrogen) atoms. The Morgan fingerprint density at radius 2 is 0.900 bits per heavy atom. The van der Waals surface area contributed by atoms with Gasteiger partial charge in [0.2, 0.25) is 0 Å². The second-order valence-corrected chi connectivity index (χ2v) is 1.63. The Labute approximate surface area is 86.4 Å². The summed E-state index contributed by atoms with van der Waals surface area (Å²) in [7, 11) is 0. The van der Waals surface area contributed by atoms with Crippen LogP contribution in [-0.4, -0.2) is 0 Å². The van der Waals surface area contributed by atoms with Gasteiger partial charge in [-0.15, -0.1) is 0 Å². The minimum absolute atomic E-state index is 0. The molecule has 0 aromatic carbocycles. The molecule has 0 aromatic rings. The van der Waals surface area contributed by atoms with Gasteiger partial charge in [0.25, 0.3) is 0 Å². The minimum Gasteiger partial charge on any atom is -0.332 e. The fourth-order valence-electron chi connectivity index (χ4n) is 0. The van der Waals surface area contributed by atoms with Gasteiger partial charge in [-0.1, -0.05) is 13.8 Å². The van der Waals surface area contributed by atoms with E-state index in [1.54, 1.807) is 0 Å². The van der Waals surface area contributed by atoms with E-state index in [4.69, 9.17) is 0 Å². The number of hydrogen-bond donors (Lipinski definition) is 0. The molecule has 0 amide bonds. The van der Waals surface area contributed by atoms with Gasteiger partial charge >= 0.3 is 0 Å². The Hall–Kier alpha value is 0.987. The van der Waals surface area contributed by atoms with Gasteiger partial charge in [0.05, 0.1) is 0 Å². The van der Waals surface area contributed by atoms with Crippen LogP contribution in [0.2, 0.25) is 0 Å². The maximum atomic E-state index is 2.12. The first kappa shape index (κ1) is 22.4. The van der Waals surface area contributed by atoms with Gasteiger partial charge in [0.15, 0.2) is 0 Å². The molecule has 72 valence electrons. The summed E-state index contributed by atoms with van der Waals surface area (Å²) < 4.78 is 0. The SMILES string of the molecule is C[CH-]CC.C[CH-]CC.[Ni].[Ni]. The molecule has 0 fully saturated rings. The number of hydrogen-bond acceptors (Lipinski definition) is 0. The zero-order valence-electron chi connectivity index (χ0n) is 7.20. The van der Waals surface area contributed by atoms with Gasteiger partial charge in [0.1, 0.15) is 0 Å². The van der Waals surface area contributed by atoms with Gasteiger partial charge < -0.3 is 12.8 Å². The maximum absolute atomic E-state index is 2.12. The first-order valence-electron chi connectivity index (χ1n) is 3.39. The molecule has 0 saturated carbocycles. The van der Waals surface area contributed by atoms with E-state index in [1.807, 2.05) is 0 Å². The summed E-state index contributed by atoms with van der Waals surface area (Å²) in [5, 5.41) is 0. The average molecular weight is 232 g/mol. The van der Waals surface area contributed by atoms with Gasteiger partial charge in [-0.25, -0.2) is 0 Å². The van der Waals surface area contributed by atoms with Crippen molar-refractivity contribution in [1.82, 2.24) is 0 Å². The Morgan fingerprint density at radius 3 is 0.900 bits per heavy atom. The molecule has 0 N–H and O–H groups in total. The van der Waals surface area contributed by atoms with Crippen LogP contribution in [0.3, 0.4) is 0 Å². The molecule has 0 aliphatic heterocycles. The average Bonchev–Trinajstić information content (AvgIpc) is 1.88. The molecule has 0 radical (unpaired) electrons. The molecule has 0 unspecified atom stereocenters. The van der Waals surface area contributed by atoms with Crippen molar-refractivity contribution >= 4 is 0 Å². The zero-order valence-corrected chi connectivity index (χ0v) is 9.18. The van der Waals surface area contributed by atoms with E-state index in [9.17, 15) is 0 Å². The topological polar surface area (TPSA) is 0 Å². The van der Waals surface area contributed by atoms with Crippen LogP contribution in [0.15, 0.2) is 0 Å². The van der Waals surface area contributed by atoms with Crippen LogP contribution in [0, 0.1) is 12.8 Å². The van der Waals surface area contributed by atoms with Gasteiger partial charge in [-0.05, 0) is 0 Å². The standard InChI is InChI=1S/2C4H9.2Ni/c2*1-3-4-2;;/h2*3H,4H2,1-2H3;;/q2*-1;;. The van der Waals surface area contributed by atoms with Crippen LogP contribution in [0.25, 0.3) is 0 Å². The summed E-state index contributed by atoms with van der Waals surface area (Å²) in [6, 6.07) is 0. The molecule has 0 atom stereocenters. The largest absolute Gasteiger partial charge is 0.332 e. The third kappa shape index (κ3) is 64.3. The predicted molar refractivity (Wildman–Crippen MR) is 40.5 cm³/mol. The van der Waals surface area contributed by atoms with Crippen molar-refractivity contribution in [3.63, 3.8) is 0 Å².